The molecule has 0 aliphatic rings. The molecule has 2 amide bonds. The maximum absolute atomic E-state index is 13.0. The summed E-state index contributed by atoms with van der Waals surface area (Å²) in [6.07, 6.45) is 1.21. The molecule has 2 N–H and O–H groups in total. The van der Waals surface area contributed by atoms with Crippen LogP contribution in [0, 0.1) is 6.92 Å². The zero-order chi connectivity index (χ0) is 22.3. The summed E-state index contributed by atoms with van der Waals surface area (Å²) in [6.45, 7) is 3.27. The van der Waals surface area contributed by atoms with Gasteiger partial charge in [-0.25, -0.2) is 4.98 Å². The van der Waals surface area contributed by atoms with Crippen LogP contribution in [0.25, 0.3) is 11.0 Å². The molecular weight excluding hydrogens is 420 g/mol. The number of imidazole rings is 1. The number of aryl methyl sites for hydroxylation is 2. The molecule has 1 atom stereocenters. The van der Waals surface area contributed by atoms with Gasteiger partial charge in [0, 0.05) is 19.5 Å². The highest BCUT2D eigenvalue weighted by Gasteiger charge is 2.22. The number of nitrogens with zero attached hydrogens (tertiary/aromatic N) is 2. The van der Waals surface area contributed by atoms with Crippen molar-refractivity contribution in [1.82, 2.24) is 20.2 Å². The van der Waals surface area contributed by atoms with Gasteiger partial charge in [0.15, 0.2) is 0 Å². The van der Waals surface area contributed by atoms with Gasteiger partial charge in [-0.15, -0.1) is 11.3 Å². The number of para-hydroxylation sites is 2. The summed E-state index contributed by atoms with van der Waals surface area (Å²) in [5, 5.41) is 7.75. The van der Waals surface area contributed by atoms with Gasteiger partial charge >= 0.3 is 0 Å². The number of hydrogen-bond acceptors (Lipinski definition) is 4. The van der Waals surface area contributed by atoms with Gasteiger partial charge in [0.1, 0.15) is 11.9 Å². The predicted octanol–water partition coefficient (Wildman–Crippen LogP) is 3.95. The second-order valence-corrected chi connectivity index (χ2v) is 8.58. The summed E-state index contributed by atoms with van der Waals surface area (Å²) < 4.78 is 2.17. The zero-order valence-corrected chi connectivity index (χ0v) is 18.8. The first kappa shape index (κ1) is 21.8. The van der Waals surface area contributed by atoms with E-state index >= 15 is 0 Å². The van der Waals surface area contributed by atoms with Gasteiger partial charge in [0.05, 0.1) is 15.9 Å². The molecular formula is C25H26N4O2S. The Balaban J connectivity index is 1.37. The summed E-state index contributed by atoms with van der Waals surface area (Å²) in [6, 6.07) is 20.7. The van der Waals surface area contributed by atoms with Crippen molar-refractivity contribution in [2.75, 3.05) is 6.54 Å². The predicted molar refractivity (Wildman–Crippen MR) is 128 cm³/mol. The smallest absolute Gasteiger partial charge is 0.262 e. The molecule has 0 radical (unpaired) electrons. The summed E-state index contributed by atoms with van der Waals surface area (Å²) in [4.78, 5) is 30.7. The third-order valence-corrected chi connectivity index (χ3v) is 6.22. The van der Waals surface area contributed by atoms with E-state index in [0.29, 0.717) is 17.8 Å². The number of carbonyl (C=O) groups excluding carboxylic acids is 2. The number of aromatic nitrogens is 2. The number of thiophene rings is 1. The fraction of sp³-hybridized carbons (Fsp3) is 0.240. The molecule has 0 bridgehead atoms. The number of fused-ring (bicyclic) bond motifs is 1. The van der Waals surface area contributed by atoms with Crippen molar-refractivity contribution in [3.05, 3.63) is 88.4 Å². The number of nitrogens with one attached hydrogen (secondary N) is 2. The van der Waals surface area contributed by atoms with Crippen molar-refractivity contribution in [3.63, 3.8) is 0 Å². The first-order chi connectivity index (χ1) is 15.6. The van der Waals surface area contributed by atoms with E-state index in [1.54, 1.807) is 6.07 Å². The minimum absolute atomic E-state index is 0.175. The lowest BCUT2D eigenvalue weighted by atomic mass is 10.1. The summed E-state index contributed by atoms with van der Waals surface area (Å²) >= 11 is 1.36. The van der Waals surface area contributed by atoms with E-state index in [1.165, 1.54) is 11.3 Å². The lowest BCUT2D eigenvalue weighted by molar-refractivity contribution is -0.122. The molecule has 0 fully saturated rings. The van der Waals surface area contributed by atoms with Crippen LogP contribution in [0.1, 0.15) is 27.5 Å². The second-order valence-electron chi connectivity index (χ2n) is 7.64. The normalized spacial score (nSPS) is 11.9. The molecule has 32 heavy (non-hydrogen) atoms. The summed E-state index contributed by atoms with van der Waals surface area (Å²) in [5.74, 6) is 0.560. The molecule has 0 aliphatic heterocycles. The van der Waals surface area contributed by atoms with Crippen LogP contribution in [-0.2, 0) is 17.8 Å². The topological polar surface area (TPSA) is 76.0 Å². The first-order valence-corrected chi connectivity index (χ1v) is 11.6. The molecule has 4 rings (SSSR count). The minimum Gasteiger partial charge on any atom is -0.354 e. The van der Waals surface area contributed by atoms with E-state index in [2.05, 4.69) is 26.3 Å². The van der Waals surface area contributed by atoms with E-state index in [0.717, 1.165) is 35.4 Å². The maximum atomic E-state index is 13.0. The Hall–Kier alpha value is -3.45. The first-order valence-electron chi connectivity index (χ1n) is 10.7. The van der Waals surface area contributed by atoms with Crippen LogP contribution in [0.5, 0.6) is 0 Å². The molecule has 6 nitrogen and oxygen atoms in total. The molecule has 0 saturated carbocycles. The Bertz CT molecular complexity index is 1190. The van der Waals surface area contributed by atoms with Crippen LogP contribution in [0.2, 0.25) is 0 Å². The highest BCUT2D eigenvalue weighted by atomic mass is 32.1. The number of benzene rings is 2. The SMILES string of the molecule is Cc1nc2ccccc2n1CCCNC(=O)C(Cc1ccccc1)NC(=O)c1cccs1. The van der Waals surface area contributed by atoms with Crippen molar-refractivity contribution in [2.45, 2.75) is 32.4 Å². The van der Waals surface area contributed by atoms with Crippen LogP contribution >= 0.6 is 11.3 Å². The van der Waals surface area contributed by atoms with Crippen molar-refractivity contribution in [1.29, 1.82) is 0 Å². The fourth-order valence-corrected chi connectivity index (χ4v) is 4.37. The summed E-state index contributed by atoms with van der Waals surface area (Å²) in [7, 11) is 0. The van der Waals surface area contributed by atoms with Gasteiger partial charge in [-0.2, -0.15) is 0 Å². The molecule has 1 unspecified atom stereocenters. The highest BCUT2D eigenvalue weighted by molar-refractivity contribution is 7.12. The Kier molecular flexibility index (Phi) is 6.97. The molecule has 2 aromatic carbocycles. The second kappa shape index (κ2) is 10.2. The lowest BCUT2D eigenvalue weighted by Crippen LogP contribution is -2.48. The lowest BCUT2D eigenvalue weighted by Gasteiger charge is -2.18. The van der Waals surface area contributed by atoms with Crippen molar-refractivity contribution in [2.24, 2.45) is 0 Å². The van der Waals surface area contributed by atoms with E-state index in [1.807, 2.05) is 66.9 Å². The van der Waals surface area contributed by atoms with E-state index in [4.69, 9.17) is 0 Å². The van der Waals surface area contributed by atoms with Crippen molar-refractivity contribution in [3.8, 4) is 0 Å². The third kappa shape index (κ3) is 5.23. The molecule has 0 aliphatic carbocycles. The zero-order valence-electron chi connectivity index (χ0n) is 18.0. The molecule has 2 heterocycles. The average Bonchev–Trinajstić information content (AvgIpc) is 3.45. The monoisotopic (exact) mass is 446 g/mol. The molecule has 0 saturated heterocycles. The van der Waals surface area contributed by atoms with E-state index < -0.39 is 6.04 Å². The standard InChI is InChI=1S/C25H26N4O2S/c1-18-27-20-11-5-6-12-22(20)29(18)15-8-14-26-24(30)21(17-19-9-3-2-4-10-19)28-25(31)23-13-7-16-32-23/h2-7,9-13,16,21H,8,14-15,17H2,1H3,(H,26,30)(H,28,31). The number of amides is 2. The van der Waals surface area contributed by atoms with Crippen LogP contribution in [-0.4, -0.2) is 34.0 Å². The van der Waals surface area contributed by atoms with Crippen LogP contribution in [0.4, 0.5) is 0 Å². The van der Waals surface area contributed by atoms with Gasteiger partial charge < -0.3 is 15.2 Å². The minimum atomic E-state index is -0.636. The quantitative estimate of drug-likeness (QED) is 0.382. The molecule has 7 heteroatoms. The molecule has 2 aromatic heterocycles. The molecule has 164 valence electrons. The van der Waals surface area contributed by atoms with E-state index in [9.17, 15) is 9.59 Å². The third-order valence-electron chi connectivity index (χ3n) is 5.35. The van der Waals surface area contributed by atoms with Crippen LogP contribution < -0.4 is 10.6 Å². The molecule has 0 spiro atoms. The maximum Gasteiger partial charge on any atom is 0.262 e. The van der Waals surface area contributed by atoms with Crippen molar-refractivity contribution >= 4 is 34.2 Å². The molecule has 4 aromatic rings. The highest BCUT2D eigenvalue weighted by Crippen LogP contribution is 2.15. The largest absolute Gasteiger partial charge is 0.354 e. The number of rotatable bonds is 9. The van der Waals surface area contributed by atoms with Gasteiger partial charge in [0.2, 0.25) is 5.91 Å². The summed E-state index contributed by atoms with van der Waals surface area (Å²) in [5.41, 5.74) is 3.08. The van der Waals surface area contributed by atoms with Crippen molar-refractivity contribution < 1.29 is 9.59 Å². The fourth-order valence-electron chi connectivity index (χ4n) is 3.75. The Morgan fingerprint density at radius 2 is 1.81 bits per heavy atom. The van der Waals surface area contributed by atoms with Gasteiger partial charge in [0.25, 0.3) is 5.91 Å². The Morgan fingerprint density at radius 3 is 2.59 bits per heavy atom. The van der Waals surface area contributed by atoms with Gasteiger partial charge in [-0.05, 0) is 42.5 Å². The van der Waals surface area contributed by atoms with E-state index in [-0.39, 0.29) is 11.8 Å². The average molecular weight is 447 g/mol. The number of hydrogen-bond donors (Lipinski definition) is 2. The van der Waals surface area contributed by atoms with Gasteiger partial charge in [-0.3, -0.25) is 9.59 Å². The van der Waals surface area contributed by atoms with Gasteiger partial charge in [-0.1, -0.05) is 48.5 Å². The Labute approximate surface area is 191 Å². The van der Waals surface area contributed by atoms with Crippen LogP contribution in [0.3, 0.4) is 0 Å². The van der Waals surface area contributed by atoms with Crippen LogP contribution in [0.15, 0.2) is 72.1 Å². The number of carbonyl (C=O) groups is 2. The Morgan fingerprint density at radius 1 is 1.03 bits per heavy atom.